The van der Waals surface area contributed by atoms with Gasteiger partial charge in [0.25, 0.3) is 0 Å². The second kappa shape index (κ2) is 5.75. The number of anilines is 1. The predicted molar refractivity (Wildman–Crippen MR) is 66.5 cm³/mol. The number of hydrogen-bond donors (Lipinski definition) is 2. The first-order chi connectivity index (χ1) is 6.68. The summed E-state index contributed by atoms with van der Waals surface area (Å²) in [6.45, 7) is 1.40. The van der Waals surface area contributed by atoms with Crippen LogP contribution in [0.25, 0.3) is 0 Å². The van der Waals surface area contributed by atoms with Gasteiger partial charge in [-0.3, -0.25) is 0 Å². The minimum atomic E-state index is -0.267. The summed E-state index contributed by atoms with van der Waals surface area (Å²) in [5, 5.41) is 9.95. The van der Waals surface area contributed by atoms with Crippen LogP contribution in [0.3, 0.4) is 0 Å². The van der Waals surface area contributed by atoms with Crippen molar-refractivity contribution in [3.05, 3.63) is 17.3 Å². The van der Waals surface area contributed by atoms with Crippen LogP contribution in [0.15, 0.2) is 17.2 Å². The summed E-state index contributed by atoms with van der Waals surface area (Å²) in [7, 11) is 0. The molecule has 1 atom stereocenters. The van der Waals surface area contributed by atoms with E-state index in [2.05, 4.69) is 17.6 Å². The van der Waals surface area contributed by atoms with Gasteiger partial charge in [0.15, 0.2) is 0 Å². The van der Waals surface area contributed by atoms with Crippen molar-refractivity contribution in [1.29, 1.82) is 0 Å². The Labute approximate surface area is 122 Å². The fraction of sp³-hybridized carbons (Fsp3) is 0.444. The molecule has 1 saturated heterocycles. The number of aliphatic hydroxyl groups is 1. The molecule has 0 amide bonds. The second-order valence-electron chi connectivity index (χ2n) is 3.36. The van der Waals surface area contributed by atoms with Crippen molar-refractivity contribution in [1.82, 2.24) is 4.98 Å². The molecule has 0 spiro atoms. The van der Waals surface area contributed by atoms with Crippen LogP contribution >= 0.6 is 24.2 Å². The quantitative estimate of drug-likeness (QED) is 0.579. The summed E-state index contributed by atoms with van der Waals surface area (Å²) in [4.78, 5) is 6.89. The number of thiol groups is 1. The van der Waals surface area contributed by atoms with Gasteiger partial charge in [-0.1, -0.05) is 11.6 Å². The van der Waals surface area contributed by atoms with Crippen molar-refractivity contribution in [3.8, 4) is 0 Å². The van der Waals surface area contributed by atoms with Crippen molar-refractivity contribution >= 4 is 59.6 Å². The Bertz CT molecular complexity index is 353. The number of pyridine rings is 1. The number of aliphatic hydroxyl groups excluding tert-OH is 1. The maximum absolute atomic E-state index is 9.39. The standard InChI is InChI=1S/C9H11ClN2OS.Na.H/c10-8-7(14)1-3-11-9(8)12-4-2-6(13)5-12;;/h1,3,6,13H,2,4-5H2,(H,11,14);;. The van der Waals surface area contributed by atoms with Gasteiger partial charge in [-0.15, -0.1) is 12.6 Å². The maximum atomic E-state index is 9.39. The van der Waals surface area contributed by atoms with Gasteiger partial charge in [-0.05, 0) is 12.5 Å². The van der Waals surface area contributed by atoms with Gasteiger partial charge in [0, 0.05) is 24.2 Å². The molecule has 1 aromatic heterocycles. The molecule has 3 nitrogen and oxygen atoms in total. The van der Waals surface area contributed by atoms with Gasteiger partial charge in [-0.25, -0.2) is 4.98 Å². The number of nitrogens with zero attached hydrogens (tertiary/aromatic N) is 2. The molecule has 15 heavy (non-hydrogen) atoms. The molecule has 1 aromatic rings. The molecule has 1 unspecified atom stereocenters. The van der Waals surface area contributed by atoms with Crippen LogP contribution in [0.2, 0.25) is 5.02 Å². The molecule has 0 aliphatic carbocycles. The van der Waals surface area contributed by atoms with Crippen LogP contribution in [0.5, 0.6) is 0 Å². The van der Waals surface area contributed by atoms with Gasteiger partial charge in [0.05, 0.1) is 11.1 Å². The van der Waals surface area contributed by atoms with Gasteiger partial charge < -0.3 is 10.0 Å². The molecule has 1 aliphatic rings. The van der Waals surface area contributed by atoms with E-state index in [9.17, 15) is 5.11 Å². The molecule has 78 valence electrons. The molecule has 1 fully saturated rings. The third kappa shape index (κ3) is 3.02. The normalized spacial score (nSPS) is 20.2. The molecule has 2 rings (SSSR count). The van der Waals surface area contributed by atoms with E-state index < -0.39 is 0 Å². The molecule has 0 aromatic carbocycles. The minimum absolute atomic E-state index is 0. The third-order valence-electron chi connectivity index (χ3n) is 2.31. The molecule has 0 radical (unpaired) electrons. The van der Waals surface area contributed by atoms with Crippen molar-refractivity contribution in [2.24, 2.45) is 0 Å². The van der Waals surface area contributed by atoms with E-state index in [1.165, 1.54) is 0 Å². The summed E-state index contributed by atoms with van der Waals surface area (Å²) < 4.78 is 0. The Balaban J connectivity index is 0.00000112. The van der Waals surface area contributed by atoms with E-state index in [-0.39, 0.29) is 35.7 Å². The van der Waals surface area contributed by atoms with Gasteiger partial charge in [0.1, 0.15) is 5.82 Å². The zero-order chi connectivity index (χ0) is 10.1. The first-order valence-electron chi connectivity index (χ1n) is 4.45. The van der Waals surface area contributed by atoms with Crippen LogP contribution in [0.4, 0.5) is 5.82 Å². The van der Waals surface area contributed by atoms with Gasteiger partial charge >= 0.3 is 29.6 Å². The molecule has 2 heterocycles. The molecular formula is C9H12ClN2NaOS. The molecular weight excluding hydrogens is 243 g/mol. The predicted octanol–water partition coefficient (Wildman–Crippen LogP) is 0.946. The average molecular weight is 255 g/mol. The van der Waals surface area contributed by atoms with Crippen LogP contribution in [-0.4, -0.2) is 58.8 Å². The fourth-order valence-electron chi connectivity index (χ4n) is 1.58. The van der Waals surface area contributed by atoms with Gasteiger partial charge in [0.2, 0.25) is 0 Å². The van der Waals surface area contributed by atoms with E-state index in [4.69, 9.17) is 11.6 Å². The second-order valence-corrected chi connectivity index (χ2v) is 4.22. The van der Waals surface area contributed by atoms with E-state index in [1.807, 2.05) is 4.90 Å². The van der Waals surface area contributed by atoms with Crippen LogP contribution in [-0.2, 0) is 0 Å². The monoisotopic (exact) mass is 254 g/mol. The number of aromatic nitrogens is 1. The third-order valence-corrected chi connectivity index (χ3v) is 3.19. The van der Waals surface area contributed by atoms with Crippen molar-refractivity contribution in [2.45, 2.75) is 17.4 Å². The van der Waals surface area contributed by atoms with E-state index >= 15 is 0 Å². The van der Waals surface area contributed by atoms with Crippen molar-refractivity contribution < 1.29 is 5.11 Å². The molecule has 0 bridgehead atoms. The summed E-state index contributed by atoms with van der Waals surface area (Å²) in [5.74, 6) is 0.718. The topological polar surface area (TPSA) is 36.4 Å². The molecule has 1 N–H and O–H groups in total. The Morgan fingerprint density at radius 3 is 2.93 bits per heavy atom. The Morgan fingerprint density at radius 1 is 1.60 bits per heavy atom. The zero-order valence-electron chi connectivity index (χ0n) is 7.52. The summed E-state index contributed by atoms with van der Waals surface area (Å²) >= 11 is 10.3. The van der Waals surface area contributed by atoms with E-state index in [0.717, 1.165) is 23.7 Å². The van der Waals surface area contributed by atoms with Crippen LogP contribution < -0.4 is 4.90 Å². The van der Waals surface area contributed by atoms with E-state index in [0.29, 0.717) is 11.6 Å². The van der Waals surface area contributed by atoms with E-state index in [1.54, 1.807) is 12.3 Å². The average Bonchev–Trinajstić information content (AvgIpc) is 2.57. The zero-order valence-corrected chi connectivity index (χ0v) is 9.17. The van der Waals surface area contributed by atoms with Crippen LogP contribution in [0, 0.1) is 0 Å². The number of hydrogen-bond acceptors (Lipinski definition) is 4. The Kier molecular flexibility index (Phi) is 5.22. The summed E-state index contributed by atoms with van der Waals surface area (Å²) in [6.07, 6.45) is 2.18. The van der Waals surface area contributed by atoms with Gasteiger partial charge in [-0.2, -0.15) is 0 Å². The SMILES string of the molecule is OC1CCN(c2nccc(S)c2Cl)C1.[NaH]. The fourth-order valence-corrected chi connectivity index (χ4v) is 1.98. The Hall–Kier alpha value is 0.550. The van der Waals surface area contributed by atoms with Crippen LogP contribution in [0.1, 0.15) is 6.42 Å². The molecule has 6 heteroatoms. The summed E-state index contributed by atoms with van der Waals surface area (Å²) in [5.41, 5.74) is 0. The number of rotatable bonds is 1. The Morgan fingerprint density at radius 2 is 2.33 bits per heavy atom. The van der Waals surface area contributed by atoms with Crippen molar-refractivity contribution in [3.63, 3.8) is 0 Å². The first kappa shape index (κ1) is 13.6. The summed E-state index contributed by atoms with van der Waals surface area (Å²) in [6, 6.07) is 1.75. The van der Waals surface area contributed by atoms with Crippen molar-refractivity contribution in [2.75, 3.05) is 18.0 Å². The molecule has 1 aliphatic heterocycles. The first-order valence-corrected chi connectivity index (χ1v) is 5.27. The number of halogens is 1. The molecule has 0 saturated carbocycles. The number of β-amino-alcohol motifs (C(OH)–C–C–N with tert-alkyl or cyclic N) is 1.